The van der Waals surface area contributed by atoms with Crippen molar-refractivity contribution in [2.75, 3.05) is 0 Å². The molecule has 0 aromatic heterocycles. The predicted octanol–water partition coefficient (Wildman–Crippen LogP) is 4.40. The molecule has 0 bridgehead atoms. The second kappa shape index (κ2) is 6.78. The lowest BCUT2D eigenvalue weighted by Crippen LogP contribution is -2.41. The molecule has 0 heterocycles. The number of amides is 1. The van der Waals surface area contributed by atoms with Crippen LogP contribution in [-0.2, 0) is 16.8 Å². The maximum Gasteiger partial charge on any atom is 0.225 e. The highest BCUT2D eigenvalue weighted by Gasteiger charge is 2.23. The molecule has 0 saturated heterocycles. The predicted molar refractivity (Wildman–Crippen MR) is 91.8 cm³/mol. The van der Waals surface area contributed by atoms with Gasteiger partial charge in [0.25, 0.3) is 0 Å². The number of benzene rings is 2. The normalized spacial score (nSPS) is 11.5. The van der Waals surface area contributed by atoms with E-state index in [4.69, 9.17) is 0 Å². The van der Waals surface area contributed by atoms with Gasteiger partial charge in [0.05, 0.1) is 12.0 Å². The monoisotopic (exact) mass is 295 g/mol. The summed E-state index contributed by atoms with van der Waals surface area (Å²) in [7, 11) is 0. The van der Waals surface area contributed by atoms with Gasteiger partial charge < -0.3 is 5.32 Å². The molecular formula is C20H25NO. The molecule has 0 atom stereocenters. The van der Waals surface area contributed by atoms with Gasteiger partial charge in [-0.15, -0.1) is 0 Å². The van der Waals surface area contributed by atoms with Gasteiger partial charge in [0.1, 0.15) is 0 Å². The van der Waals surface area contributed by atoms with E-state index in [0.29, 0.717) is 12.3 Å². The number of carbonyl (C=O) groups excluding carboxylic acids is 1. The van der Waals surface area contributed by atoms with Crippen molar-refractivity contribution in [1.29, 1.82) is 0 Å². The highest BCUT2D eigenvalue weighted by atomic mass is 16.1. The SMILES string of the molecule is CC(C)c1ccccc1CC(=O)NC(C)(C)c1ccccc1. The highest BCUT2D eigenvalue weighted by molar-refractivity contribution is 5.80. The third kappa shape index (κ3) is 3.97. The van der Waals surface area contributed by atoms with Crippen LogP contribution in [0.25, 0.3) is 0 Å². The third-order valence-corrected chi connectivity index (χ3v) is 3.98. The van der Waals surface area contributed by atoms with Crippen LogP contribution >= 0.6 is 0 Å². The molecule has 0 radical (unpaired) electrons. The Balaban J connectivity index is 2.11. The number of carbonyl (C=O) groups is 1. The summed E-state index contributed by atoms with van der Waals surface area (Å²) in [6.45, 7) is 8.39. The minimum atomic E-state index is -0.370. The first-order valence-electron chi connectivity index (χ1n) is 7.84. The fourth-order valence-corrected chi connectivity index (χ4v) is 2.75. The summed E-state index contributed by atoms with van der Waals surface area (Å²) in [5.41, 5.74) is 3.10. The van der Waals surface area contributed by atoms with Crippen molar-refractivity contribution in [3.05, 3.63) is 71.3 Å². The van der Waals surface area contributed by atoms with E-state index < -0.39 is 0 Å². The van der Waals surface area contributed by atoms with E-state index in [1.165, 1.54) is 5.56 Å². The Labute approximate surface area is 133 Å². The van der Waals surface area contributed by atoms with Crippen LogP contribution < -0.4 is 5.32 Å². The van der Waals surface area contributed by atoms with Crippen LogP contribution in [0.5, 0.6) is 0 Å². The Hall–Kier alpha value is -2.09. The highest BCUT2D eigenvalue weighted by Crippen LogP contribution is 2.22. The van der Waals surface area contributed by atoms with Crippen LogP contribution in [-0.4, -0.2) is 5.91 Å². The fraction of sp³-hybridized carbons (Fsp3) is 0.350. The molecule has 116 valence electrons. The van der Waals surface area contributed by atoms with Crippen molar-refractivity contribution in [3.8, 4) is 0 Å². The lowest BCUT2D eigenvalue weighted by molar-refractivity contribution is -0.122. The van der Waals surface area contributed by atoms with Gasteiger partial charge in [-0.2, -0.15) is 0 Å². The van der Waals surface area contributed by atoms with E-state index in [0.717, 1.165) is 11.1 Å². The Bertz CT molecular complexity index is 629. The zero-order chi connectivity index (χ0) is 16.2. The molecule has 1 N–H and O–H groups in total. The Kier molecular flexibility index (Phi) is 5.02. The van der Waals surface area contributed by atoms with Crippen LogP contribution in [0.15, 0.2) is 54.6 Å². The first-order chi connectivity index (χ1) is 10.4. The molecule has 0 spiro atoms. The van der Waals surface area contributed by atoms with Crippen LogP contribution in [0.3, 0.4) is 0 Å². The fourth-order valence-electron chi connectivity index (χ4n) is 2.75. The standard InChI is InChI=1S/C20H25NO/c1-15(2)18-13-9-8-10-16(18)14-19(22)21-20(3,4)17-11-6-5-7-12-17/h5-13,15H,14H2,1-4H3,(H,21,22). The molecule has 2 rings (SSSR count). The maximum absolute atomic E-state index is 12.5. The van der Waals surface area contributed by atoms with E-state index in [-0.39, 0.29) is 11.4 Å². The van der Waals surface area contributed by atoms with Crippen LogP contribution in [0.1, 0.15) is 50.3 Å². The molecule has 1 amide bonds. The molecule has 0 unspecified atom stereocenters. The van der Waals surface area contributed by atoms with E-state index in [2.05, 4.69) is 25.2 Å². The average Bonchev–Trinajstić information content (AvgIpc) is 2.48. The van der Waals surface area contributed by atoms with Crippen LogP contribution in [0.4, 0.5) is 0 Å². The van der Waals surface area contributed by atoms with Crippen molar-refractivity contribution in [3.63, 3.8) is 0 Å². The maximum atomic E-state index is 12.5. The zero-order valence-corrected chi connectivity index (χ0v) is 13.9. The minimum Gasteiger partial charge on any atom is -0.347 e. The van der Waals surface area contributed by atoms with Gasteiger partial charge in [-0.05, 0) is 36.5 Å². The van der Waals surface area contributed by atoms with Gasteiger partial charge in [-0.3, -0.25) is 4.79 Å². The smallest absolute Gasteiger partial charge is 0.225 e. The Morgan fingerprint density at radius 2 is 1.59 bits per heavy atom. The van der Waals surface area contributed by atoms with Crippen molar-refractivity contribution in [1.82, 2.24) is 5.32 Å². The molecular weight excluding hydrogens is 270 g/mol. The quantitative estimate of drug-likeness (QED) is 0.870. The molecule has 0 fully saturated rings. The van der Waals surface area contributed by atoms with Crippen molar-refractivity contribution in [2.45, 2.75) is 45.6 Å². The average molecular weight is 295 g/mol. The number of nitrogens with one attached hydrogen (secondary N) is 1. The summed E-state index contributed by atoms with van der Waals surface area (Å²) in [5.74, 6) is 0.480. The van der Waals surface area contributed by atoms with Crippen LogP contribution in [0.2, 0.25) is 0 Å². The largest absolute Gasteiger partial charge is 0.347 e. The summed E-state index contributed by atoms with van der Waals surface area (Å²) in [4.78, 5) is 12.5. The van der Waals surface area contributed by atoms with Gasteiger partial charge in [0.2, 0.25) is 5.91 Å². The molecule has 0 saturated carbocycles. The molecule has 2 aromatic carbocycles. The van der Waals surface area contributed by atoms with Gasteiger partial charge >= 0.3 is 0 Å². The van der Waals surface area contributed by atoms with Gasteiger partial charge in [0, 0.05) is 0 Å². The second-order valence-corrected chi connectivity index (χ2v) is 6.57. The van der Waals surface area contributed by atoms with Crippen molar-refractivity contribution < 1.29 is 4.79 Å². The first-order valence-corrected chi connectivity index (χ1v) is 7.84. The van der Waals surface area contributed by atoms with Crippen LogP contribution in [0, 0.1) is 0 Å². The molecule has 2 heteroatoms. The summed E-state index contributed by atoms with van der Waals surface area (Å²) >= 11 is 0. The molecule has 2 aromatic rings. The number of hydrogen-bond acceptors (Lipinski definition) is 1. The zero-order valence-electron chi connectivity index (χ0n) is 13.9. The van der Waals surface area contributed by atoms with Gasteiger partial charge in [-0.1, -0.05) is 68.4 Å². The van der Waals surface area contributed by atoms with E-state index in [1.54, 1.807) is 0 Å². The lowest BCUT2D eigenvalue weighted by atomic mass is 9.92. The number of hydrogen-bond donors (Lipinski definition) is 1. The second-order valence-electron chi connectivity index (χ2n) is 6.57. The van der Waals surface area contributed by atoms with Gasteiger partial charge in [-0.25, -0.2) is 0 Å². The summed E-state index contributed by atoms with van der Waals surface area (Å²) in [5, 5.41) is 3.15. The minimum absolute atomic E-state index is 0.0574. The summed E-state index contributed by atoms with van der Waals surface area (Å²) in [6, 6.07) is 18.3. The Morgan fingerprint density at radius 1 is 1.00 bits per heavy atom. The molecule has 22 heavy (non-hydrogen) atoms. The van der Waals surface area contributed by atoms with Crippen molar-refractivity contribution >= 4 is 5.91 Å². The lowest BCUT2D eigenvalue weighted by Gasteiger charge is -2.27. The van der Waals surface area contributed by atoms with E-state index in [9.17, 15) is 4.79 Å². The third-order valence-electron chi connectivity index (χ3n) is 3.98. The molecule has 0 aliphatic rings. The summed E-state index contributed by atoms with van der Waals surface area (Å²) in [6.07, 6.45) is 0.421. The Morgan fingerprint density at radius 3 is 2.23 bits per heavy atom. The topological polar surface area (TPSA) is 29.1 Å². The van der Waals surface area contributed by atoms with Crippen molar-refractivity contribution in [2.24, 2.45) is 0 Å². The van der Waals surface area contributed by atoms with E-state index >= 15 is 0 Å². The first kappa shape index (κ1) is 16.3. The van der Waals surface area contributed by atoms with E-state index in [1.807, 2.05) is 62.4 Å². The molecule has 0 aliphatic heterocycles. The van der Waals surface area contributed by atoms with Gasteiger partial charge in [0.15, 0.2) is 0 Å². The number of rotatable bonds is 5. The molecule has 0 aliphatic carbocycles. The molecule has 2 nitrogen and oxygen atoms in total. The summed E-state index contributed by atoms with van der Waals surface area (Å²) < 4.78 is 0.